The van der Waals surface area contributed by atoms with Gasteiger partial charge in [-0.3, -0.25) is 4.79 Å². The Morgan fingerprint density at radius 3 is 2.29 bits per heavy atom. The smallest absolute Gasteiger partial charge is 0.143 e. The van der Waals surface area contributed by atoms with Gasteiger partial charge in [0.2, 0.25) is 0 Å². The number of ether oxygens (including phenoxy) is 1. The summed E-state index contributed by atoms with van der Waals surface area (Å²) in [4.78, 5) is 11.7. The number of hydrogen-bond acceptors (Lipinski definition) is 2. The van der Waals surface area contributed by atoms with Crippen molar-refractivity contribution in [2.45, 2.75) is 72.0 Å². The Labute approximate surface area is 105 Å². The van der Waals surface area contributed by atoms with Gasteiger partial charge in [0.15, 0.2) is 0 Å². The summed E-state index contributed by atoms with van der Waals surface area (Å²) < 4.78 is 6.22. The third-order valence-electron chi connectivity index (χ3n) is 4.94. The molecular weight excluding hydrogens is 212 g/mol. The average molecular weight is 238 g/mol. The van der Waals surface area contributed by atoms with Crippen molar-refractivity contribution in [2.24, 2.45) is 17.3 Å². The minimum atomic E-state index is -0.191. The molecular formula is C15H26O2. The van der Waals surface area contributed by atoms with E-state index in [0.717, 1.165) is 18.3 Å². The molecule has 0 spiro atoms. The summed E-state index contributed by atoms with van der Waals surface area (Å²) in [6.45, 7) is 8.80. The van der Waals surface area contributed by atoms with Crippen molar-refractivity contribution in [3.05, 3.63) is 0 Å². The lowest BCUT2D eigenvalue weighted by molar-refractivity contribution is -0.174. The topological polar surface area (TPSA) is 26.3 Å². The SMILES string of the molecule is CCC1(C)C(=O)CC1OC1CC(C)CC(C)C1. The minimum Gasteiger partial charge on any atom is -0.373 e. The first-order valence-electron chi connectivity index (χ1n) is 7.14. The van der Waals surface area contributed by atoms with Crippen LogP contribution < -0.4 is 0 Å². The van der Waals surface area contributed by atoms with E-state index in [1.54, 1.807) is 0 Å². The van der Waals surface area contributed by atoms with Crippen molar-refractivity contribution in [1.82, 2.24) is 0 Å². The van der Waals surface area contributed by atoms with E-state index in [-0.39, 0.29) is 11.5 Å². The van der Waals surface area contributed by atoms with Crippen molar-refractivity contribution in [3.8, 4) is 0 Å². The number of carbonyl (C=O) groups excluding carboxylic acids is 1. The van der Waals surface area contributed by atoms with E-state index in [9.17, 15) is 4.79 Å². The van der Waals surface area contributed by atoms with E-state index in [4.69, 9.17) is 4.74 Å². The molecule has 4 unspecified atom stereocenters. The van der Waals surface area contributed by atoms with Gasteiger partial charge in [-0.1, -0.05) is 27.7 Å². The second-order valence-corrected chi connectivity index (χ2v) is 6.56. The zero-order valence-corrected chi connectivity index (χ0v) is 11.7. The van der Waals surface area contributed by atoms with E-state index in [1.807, 2.05) is 0 Å². The second-order valence-electron chi connectivity index (χ2n) is 6.56. The maximum Gasteiger partial charge on any atom is 0.143 e. The molecule has 2 heteroatoms. The zero-order chi connectivity index (χ0) is 12.6. The molecule has 0 saturated heterocycles. The van der Waals surface area contributed by atoms with Gasteiger partial charge >= 0.3 is 0 Å². The number of hydrogen-bond donors (Lipinski definition) is 0. The van der Waals surface area contributed by atoms with E-state index < -0.39 is 0 Å². The van der Waals surface area contributed by atoms with Crippen LogP contribution in [0, 0.1) is 17.3 Å². The van der Waals surface area contributed by atoms with E-state index in [1.165, 1.54) is 19.3 Å². The van der Waals surface area contributed by atoms with Gasteiger partial charge in [0, 0.05) is 6.42 Å². The molecule has 2 fully saturated rings. The Morgan fingerprint density at radius 1 is 1.24 bits per heavy atom. The molecule has 2 aliphatic rings. The molecule has 0 bridgehead atoms. The molecule has 2 saturated carbocycles. The van der Waals surface area contributed by atoms with Crippen LogP contribution in [0.3, 0.4) is 0 Å². The fourth-order valence-corrected chi connectivity index (χ4v) is 3.51. The maximum atomic E-state index is 11.7. The van der Waals surface area contributed by atoms with Gasteiger partial charge in [-0.25, -0.2) is 0 Å². The summed E-state index contributed by atoms with van der Waals surface area (Å²) in [5.74, 6) is 1.93. The summed E-state index contributed by atoms with van der Waals surface area (Å²) in [7, 11) is 0. The Kier molecular flexibility index (Phi) is 3.63. The van der Waals surface area contributed by atoms with Crippen LogP contribution in [0.4, 0.5) is 0 Å². The molecule has 0 N–H and O–H groups in total. The summed E-state index contributed by atoms with van der Waals surface area (Å²) in [5.41, 5.74) is -0.191. The van der Waals surface area contributed by atoms with Gasteiger partial charge in [-0.15, -0.1) is 0 Å². The number of rotatable bonds is 3. The molecule has 0 heterocycles. The summed E-state index contributed by atoms with van der Waals surface area (Å²) in [5, 5.41) is 0. The molecule has 0 radical (unpaired) electrons. The number of ketones is 1. The number of carbonyl (C=O) groups is 1. The molecule has 17 heavy (non-hydrogen) atoms. The lowest BCUT2D eigenvalue weighted by atomic mass is 9.64. The van der Waals surface area contributed by atoms with Gasteiger partial charge in [0.25, 0.3) is 0 Å². The van der Waals surface area contributed by atoms with E-state index in [0.29, 0.717) is 18.3 Å². The van der Waals surface area contributed by atoms with Crippen molar-refractivity contribution >= 4 is 5.78 Å². The number of Topliss-reactive ketones (excluding diaryl/α,β-unsaturated/α-hetero) is 1. The van der Waals surface area contributed by atoms with Crippen LogP contribution in [-0.4, -0.2) is 18.0 Å². The van der Waals surface area contributed by atoms with Gasteiger partial charge in [-0.2, -0.15) is 0 Å². The third kappa shape index (κ3) is 2.42. The first kappa shape index (κ1) is 13.1. The Balaban J connectivity index is 1.91. The fraction of sp³-hybridized carbons (Fsp3) is 0.933. The third-order valence-corrected chi connectivity index (χ3v) is 4.94. The van der Waals surface area contributed by atoms with E-state index in [2.05, 4.69) is 27.7 Å². The molecule has 4 atom stereocenters. The summed E-state index contributed by atoms with van der Waals surface area (Å²) in [6.07, 6.45) is 5.80. The Morgan fingerprint density at radius 2 is 1.82 bits per heavy atom. The predicted molar refractivity (Wildman–Crippen MR) is 68.9 cm³/mol. The molecule has 2 aliphatic carbocycles. The average Bonchev–Trinajstić information content (AvgIpc) is 2.26. The highest BCUT2D eigenvalue weighted by atomic mass is 16.5. The van der Waals surface area contributed by atoms with Gasteiger partial charge < -0.3 is 4.74 Å². The van der Waals surface area contributed by atoms with Crippen molar-refractivity contribution in [3.63, 3.8) is 0 Å². The summed E-state index contributed by atoms with van der Waals surface area (Å²) in [6, 6.07) is 0. The highest BCUT2D eigenvalue weighted by Crippen LogP contribution is 2.44. The molecule has 98 valence electrons. The fourth-order valence-electron chi connectivity index (χ4n) is 3.51. The minimum absolute atomic E-state index is 0.183. The van der Waals surface area contributed by atoms with Gasteiger partial charge in [0.1, 0.15) is 5.78 Å². The normalized spacial score (nSPS) is 46.7. The van der Waals surface area contributed by atoms with Crippen molar-refractivity contribution < 1.29 is 9.53 Å². The van der Waals surface area contributed by atoms with Crippen LogP contribution in [0.25, 0.3) is 0 Å². The predicted octanol–water partition coefficient (Wildman–Crippen LogP) is 3.59. The standard InChI is InChI=1S/C15H26O2/c1-5-15(4)13(16)9-14(15)17-12-7-10(2)6-11(3)8-12/h10-12,14H,5-9H2,1-4H3. The molecule has 0 amide bonds. The second kappa shape index (κ2) is 4.72. The van der Waals surface area contributed by atoms with Gasteiger partial charge in [-0.05, 0) is 37.5 Å². The first-order valence-corrected chi connectivity index (χ1v) is 7.14. The summed E-state index contributed by atoms with van der Waals surface area (Å²) >= 11 is 0. The van der Waals surface area contributed by atoms with Crippen LogP contribution in [0.5, 0.6) is 0 Å². The molecule has 0 aromatic rings. The lowest BCUT2D eigenvalue weighted by Gasteiger charge is -2.47. The molecule has 2 rings (SSSR count). The quantitative estimate of drug-likeness (QED) is 0.751. The maximum absolute atomic E-state index is 11.7. The van der Waals surface area contributed by atoms with Crippen molar-refractivity contribution in [2.75, 3.05) is 0 Å². The highest BCUT2D eigenvalue weighted by molar-refractivity contribution is 5.91. The van der Waals surface area contributed by atoms with Crippen molar-refractivity contribution in [1.29, 1.82) is 0 Å². The molecule has 0 aromatic carbocycles. The largest absolute Gasteiger partial charge is 0.373 e. The molecule has 0 aliphatic heterocycles. The van der Waals surface area contributed by atoms with Crippen LogP contribution in [0.15, 0.2) is 0 Å². The van der Waals surface area contributed by atoms with Crippen LogP contribution in [0.2, 0.25) is 0 Å². The first-order chi connectivity index (χ1) is 7.95. The van der Waals surface area contributed by atoms with Crippen LogP contribution in [0.1, 0.15) is 59.8 Å². The van der Waals surface area contributed by atoms with Crippen LogP contribution in [-0.2, 0) is 9.53 Å². The monoisotopic (exact) mass is 238 g/mol. The lowest BCUT2D eigenvalue weighted by Crippen LogP contribution is -2.54. The van der Waals surface area contributed by atoms with E-state index >= 15 is 0 Å². The Bertz CT molecular complexity index is 289. The van der Waals surface area contributed by atoms with Gasteiger partial charge in [0.05, 0.1) is 17.6 Å². The zero-order valence-electron chi connectivity index (χ0n) is 11.7. The molecule has 2 nitrogen and oxygen atoms in total. The molecule has 0 aromatic heterocycles. The van der Waals surface area contributed by atoms with Crippen LogP contribution >= 0.6 is 0 Å². The Hall–Kier alpha value is -0.370. The highest BCUT2D eigenvalue weighted by Gasteiger charge is 2.51.